The van der Waals surface area contributed by atoms with Crippen LogP contribution in [0.3, 0.4) is 0 Å². The van der Waals surface area contributed by atoms with Crippen LogP contribution in [-0.2, 0) is 13.1 Å². The summed E-state index contributed by atoms with van der Waals surface area (Å²) in [6.45, 7) is 3.71. The Morgan fingerprint density at radius 2 is 1.89 bits per heavy atom. The van der Waals surface area contributed by atoms with Crippen molar-refractivity contribution in [2.45, 2.75) is 32.9 Å². The van der Waals surface area contributed by atoms with Gasteiger partial charge < -0.3 is 9.80 Å². The van der Waals surface area contributed by atoms with E-state index in [1.165, 1.54) is 22.9 Å². The zero-order valence-electron chi connectivity index (χ0n) is 16.2. The molecule has 0 aliphatic rings. The van der Waals surface area contributed by atoms with Crippen molar-refractivity contribution in [1.29, 1.82) is 0 Å². The van der Waals surface area contributed by atoms with E-state index in [4.69, 9.17) is 0 Å². The van der Waals surface area contributed by atoms with E-state index in [0.717, 1.165) is 12.8 Å². The lowest BCUT2D eigenvalue weighted by molar-refractivity contribution is 0.0721. The lowest BCUT2D eigenvalue weighted by atomic mass is 10.2. The zero-order valence-corrected chi connectivity index (χ0v) is 16.2. The van der Waals surface area contributed by atoms with Crippen LogP contribution in [0.4, 0.5) is 4.39 Å². The highest BCUT2D eigenvalue weighted by atomic mass is 19.1. The molecule has 6 nitrogen and oxygen atoms in total. The van der Waals surface area contributed by atoms with Crippen LogP contribution in [0.25, 0.3) is 0 Å². The molecule has 0 fully saturated rings. The van der Waals surface area contributed by atoms with Gasteiger partial charge in [0.05, 0.1) is 0 Å². The Balaban J connectivity index is 2.27. The number of aryl methyl sites for hydroxylation is 1. The van der Waals surface area contributed by atoms with E-state index >= 15 is 0 Å². The number of likely N-dealkylation sites (N-methyl/N-ethyl adjacent to an activating group) is 1. The molecule has 27 heavy (non-hydrogen) atoms. The number of hydrogen-bond acceptors (Lipinski definition) is 4. The fourth-order valence-electron chi connectivity index (χ4n) is 2.60. The average molecular weight is 374 g/mol. The Morgan fingerprint density at radius 3 is 2.56 bits per heavy atom. The maximum atomic E-state index is 14.1. The van der Waals surface area contributed by atoms with E-state index in [1.807, 2.05) is 25.9 Å². The Hall–Kier alpha value is -2.54. The second-order valence-corrected chi connectivity index (χ2v) is 6.75. The molecule has 7 heteroatoms. The monoisotopic (exact) mass is 374 g/mol. The predicted molar refractivity (Wildman–Crippen MR) is 103 cm³/mol. The van der Waals surface area contributed by atoms with Crippen molar-refractivity contribution in [2.75, 3.05) is 27.2 Å². The Morgan fingerprint density at radius 1 is 1.15 bits per heavy atom. The van der Waals surface area contributed by atoms with Gasteiger partial charge in [-0.15, -0.1) is 0 Å². The largest absolute Gasteiger partial charge is 0.332 e. The normalized spacial score (nSPS) is 11.0. The molecule has 0 saturated carbocycles. The van der Waals surface area contributed by atoms with Gasteiger partial charge in [0, 0.05) is 37.8 Å². The molecule has 0 aliphatic carbocycles. The van der Waals surface area contributed by atoms with Gasteiger partial charge in [0.15, 0.2) is 0 Å². The minimum atomic E-state index is -0.346. The molecule has 0 unspecified atom stereocenters. The molecule has 0 radical (unpaired) electrons. The first-order valence-corrected chi connectivity index (χ1v) is 9.18. The summed E-state index contributed by atoms with van der Waals surface area (Å²) in [5, 5.41) is 4.23. The second-order valence-electron chi connectivity index (χ2n) is 6.75. The van der Waals surface area contributed by atoms with Crippen LogP contribution in [0.15, 0.2) is 41.2 Å². The molecule has 1 aromatic carbocycles. The van der Waals surface area contributed by atoms with Gasteiger partial charge >= 0.3 is 0 Å². The van der Waals surface area contributed by atoms with Crippen LogP contribution in [-0.4, -0.2) is 52.7 Å². The highest BCUT2D eigenvalue weighted by Gasteiger charge is 2.20. The number of halogens is 1. The van der Waals surface area contributed by atoms with Crippen molar-refractivity contribution in [3.05, 3.63) is 63.8 Å². The van der Waals surface area contributed by atoms with Gasteiger partial charge in [0.25, 0.3) is 11.5 Å². The molecule has 1 amide bonds. The van der Waals surface area contributed by atoms with Gasteiger partial charge in [-0.05, 0) is 32.6 Å². The number of rotatable bonds is 9. The molecule has 0 bridgehead atoms. The van der Waals surface area contributed by atoms with Crippen molar-refractivity contribution >= 4 is 5.91 Å². The molecule has 0 aliphatic heterocycles. The standard InChI is InChI=1S/C20H27FN4O2/c1-4-5-12-25-19(26)11-10-18(22-25)20(27)24(14-13-23(2)3)15-16-8-6-7-9-17(16)21/h6-11H,4-5,12-15H2,1-3H3. The third kappa shape index (κ3) is 5.99. The fourth-order valence-corrected chi connectivity index (χ4v) is 2.60. The van der Waals surface area contributed by atoms with E-state index < -0.39 is 0 Å². The number of aromatic nitrogens is 2. The third-order valence-corrected chi connectivity index (χ3v) is 4.23. The topological polar surface area (TPSA) is 58.4 Å². The van der Waals surface area contributed by atoms with Crippen LogP contribution in [0.5, 0.6) is 0 Å². The molecule has 0 spiro atoms. The zero-order chi connectivity index (χ0) is 19.8. The molecule has 0 atom stereocenters. The van der Waals surface area contributed by atoms with Gasteiger partial charge in [-0.1, -0.05) is 31.5 Å². The van der Waals surface area contributed by atoms with Crippen molar-refractivity contribution in [2.24, 2.45) is 0 Å². The molecular weight excluding hydrogens is 347 g/mol. The van der Waals surface area contributed by atoms with Gasteiger partial charge in [0.2, 0.25) is 0 Å². The number of benzene rings is 1. The highest BCUT2D eigenvalue weighted by molar-refractivity contribution is 5.92. The predicted octanol–water partition coefficient (Wildman–Crippen LogP) is 2.39. The average Bonchev–Trinajstić information content (AvgIpc) is 2.65. The van der Waals surface area contributed by atoms with Crippen LogP contribution in [0.2, 0.25) is 0 Å². The summed E-state index contributed by atoms with van der Waals surface area (Å²) in [5.41, 5.74) is 0.415. The quantitative estimate of drug-likeness (QED) is 0.676. The van der Waals surface area contributed by atoms with Crippen molar-refractivity contribution in [1.82, 2.24) is 19.6 Å². The molecular formula is C20H27FN4O2. The summed E-state index contributed by atoms with van der Waals surface area (Å²) in [7, 11) is 3.82. The molecule has 1 aromatic heterocycles. The molecule has 0 saturated heterocycles. The van der Waals surface area contributed by atoms with Crippen molar-refractivity contribution < 1.29 is 9.18 Å². The Labute approximate surface area is 159 Å². The number of hydrogen-bond donors (Lipinski definition) is 0. The SMILES string of the molecule is CCCCn1nc(C(=O)N(CCN(C)C)Cc2ccccc2F)ccc1=O. The van der Waals surface area contributed by atoms with Crippen LogP contribution in [0, 0.1) is 5.82 Å². The molecule has 1 heterocycles. The van der Waals surface area contributed by atoms with Crippen molar-refractivity contribution in [3.8, 4) is 0 Å². The Kier molecular flexibility index (Phi) is 7.67. The molecule has 2 aromatic rings. The highest BCUT2D eigenvalue weighted by Crippen LogP contribution is 2.12. The summed E-state index contributed by atoms with van der Waals surface area (Å²) >= 11 is 0. The van der Waals surface area contributed by atoms with Crippen molar-refractivity contribution in [3.63, 3.8) is 0 Å². The van der Waals surface area contributed by atoms with E-state index in [2.05, 4.69) is 5.10 Å². The molecule has 146 valence electrons. The minimum Gasteiger partial charge on any atom is -0.332 e. The first kappa shape index (κ1) is 20.8. The van der Waals surface area contributed by atoms with Gasteiger partial charge in [-0.25, -0.2) is 9.07 Å². The van der Waals surface area contributed by atoms with E-state index in [0.29, 0.717) is 25.2 Å². The van der Waals surface area contributed by atoms with E-state index in [-0.39, 0.29) is 29.5 Å². The first-order chi connectivity index (χ1) is 12.9. The van der Waals surface area contributed by atoms with Gasteiger partial charge in [-0.2, -0.15) is 5.10 Å². The summed E-state index contributed by atoms with van der Waals surface area (Å²) < 4.78 is 15.4. The fraction of sp³-hybridized carbons (Fsp3) is 0.450. The molecule has 2 rings (SSSR count). The van der Waals surface area contributed by atoms with Gasteiger partial charge in [0.1, 0.15) is 11.5 Å². The third-order valence-electron chi connectivity index (χ3n) is 4.23. The smallest absolute Gasteiger partial charge is 0.274 e. The summed E-state index contributed by atoms with van der Waals surface area (Å²) in [6, 6.07) is 9.22. The second kappa shape index (κ2) is 9.97. The number of carbonyl (C=O) groups is 1. The summed E-state index contributed by atoms with van der Waals surface area (Å²) in [6.07, 6.45) is 1.73. The maximum absolute atomic E-state index is 14.1. The number of amides is 1. The van der Waals surface area contributed by atoms with E-state index in [9.17, 15) is 14.0 Å². The lowest BCUT2D eigenvalue weighted by Gasteiger charge is -2.24. The Bertz CT molecular complexity index is 820. The van der Waals surface area contributed by atoms with Gasteiger partial charge in [-0.3, -0.25) is 9.59 Å². The molecule has 0 N–H and O–H groups in total. The summed E-state index contributed by atoms with van der Waals surface area (Å²) in [4.78, 5) is 28.5. The van der Waals surface area contributed by atoms with Crippen LogP contribution in [0.1, 0.15) is 35.8 Å². The van der Waals surface area contributed by atoms with Crippen LogP contribution < -0.4 is 5.56 Å². The summed E-state index contributed by atoms with van der Waals surface area (Å²) in [5.74, 6) is -0.661. The van der Waals surface area contributed by atoms with E-state index in [1.54, 1.807) is 23.1 Å². The first-order valence-electron chi connectivity index (χ1n) is 9.18. The number of carbonyl (C=O) groups excluding carboxylic acids is 1. The maximum Gasteiger partial charge on any atom is 0.274 e. The lowest BCUT2D eigenvalue weighted by Crippen LogP contribution is -2.38. The number of unbranched alkanes of at least 4 members (excludes halogenated alkanes) is 1. The minimum absolute atomic E-state index is 0.148. The number of nitrogens with zero attached hydrogens (tertiary/aromatic N) is 4. The van der Waals surface area contributed by atoms with Crippen LogP contribution >= 0.6 is 0 Å².